The fourth-order valence-electron chi connectivity index (χ4n) is 2.34. The van der Waals surface area contributed by atoms with E-state index < -0.39 is 0 Å². The molecule has 0 saturated carbocycles. The average molecular weight is 295 g/mol. The molecule has 7 nitrogen and oxygen atoms in total. The Morgan fingerprint density at radius 1 is 1.14 bits per heavy atom. The number of aliphatic imine (C=N–C) groups is 1. The molecule has 112 valence electrons. The molecular weight excluding hydrogens is 278 g/mol. The van der Waals surface area contributed by atoms with Gasteiger partial charge in [-0.25, -0.2) is 4.52 Å². The van der Waals surface area contributed by atoms with Gasteiger partial charge in [-0.15, -0.1) is 5.10 Å². The molecule has 0 saturated heterocycles. The zero-order valence-electron chi connectivity index (χ0n) is 12.7. The first-order chi connectivity index (χ1) is 10.5. The second-order valence-electron chi connectivity index (χ2n) is 5.24. The summed E-state index contributed by atoms with van der Waals surface area (Å²) in [6, 6.07) is 5.76. The summed E-state index contributed by atoms with van der Waals surface area (Å²) in [6.45, 7) is 5.84. The van der Waals surface area contributed by atoms with Crippen LogP contribution in [-0.2, 0) is 0 Å². The van der Waals surface area contributed by atoms with E-state index in [2.05, 4.69) is 20.1 Å². The fraction of sp³-hybridized carbons (Fsp3) is 0.200. The van der Waals surface area contributed by atoms with Gasteiger partial charge in [0.2, 0.25) is 5.95 Å². The predicted molar refractivity (Wildman–Crippen MR) is 88.2 cm³/mol. The van der Waals surface area contributed by atoms with Crippen molar-refractivity contribution in [3.05, 3.63) is 30.1 Å². The second kappa shape index (κ2) is 5.10. The van der Waals surface area contributed by atoms with Gasteiger partial charge in [-0.2, -0.15) is 4.98 Å². The summed E-state index contributed by atoms with van der Waals surface area (Å²) in [4.78, 5) is 13.1. The summed E-state index contributed by atoms with van der Waals surface area (Å²) < 4.78 is 1.62. The van der Waals surface area contributed by atoms with Gasteiger partial charge >= 0.3 is 0 Å². The first-order valence-corrected chi connectivity index (χ1v) is 6.86. The molecule has 22 heavy (non-hydrogen) atoms. The van der Waals surface area contributed by atoms with Crippen LogP contribution in [0.4, 0.5) is 17.5 Å². The molecule has 0 aliphatic carbocycles. The molecule has 0 bridgehead atoms. The van der Waals surface area contributed by atoms with E-state index >= 15 is 0 Å². The van der Waals surface area contributed by atoms with Gasteiger partial charge in [0.05, 0.1) is 17.1 Å². The van der Waals surface area contributed by atoms with Crippen LogP contribution in [0.15, 0.2) is 29.4 Å². The van der Waals surface area contributed by atoms with Crippen LogP contribution in [0.25, 0.3) is 16.8 Å². The predicted octanol–water partition coefficient (Wildman–Crippen LogP) is 2.38. The molecule has 0 spiro atoms. The molecule has 0 atom stereocenters. The highest BCUT2D eigenvalue weighted by Crippen LogP contribution is 2.29. The second-order valence-corrected chi connectivity index (χ2v) is 5.24. The number of pyridine rings is 1. The lowest BCUT2D eigenvalue weighted by Gasteiger charge is -2.06. The third kappa shape index (κ3) is 2.37. The largest absolute Gasteiger partial charge is 0.382 e. The van der Waals surface area contributed by atoms with E-state index in [-0.39, 0.29) is 5.95 Å². The molecule has 4 N–H and O–H groups in total. The van der Waals surface area contributed by atoms with E-state index in [0.29, 0.717) is 11.3 Å². The van der Waals surface area contributed by atoms with E-state index in [0.717, 1.165) is 28.4 Å². The molecule has 0 aliphatic rings. The molecule has 0 radical (unpaired) electrons. The molecule has 0 aromatic carbocycles. The fourth-order valence-corrected chi connectivity index (χ4v) is 2.34. The Morgan fingerprint density at radius 3 is 2.59 bits per heavy atom. The van der Waals surface area contributed by atoms with Crippen molar-refractivity contribution < 1.29 is 0 Å². The molecule has 3 heterocycles. The van der Waals surface area contributed by atoms with E-state index in [1.54, 1.807) is 10.7 Å². The number of rotatable bonds is 2. The quantitative estimate of drug-likeness (QED) is 0.706. The Labute approximate surface area is 127 Å². The minimum absolute atomic E-state index is 0.138. The van der Waals surface area contributed by atoms with Crippen LogP contribution in [0, 0.1) is 6.92 Å². The van der Waals surface area contributed by atoms with Crippen molar-refractivity contribution >= 4 is 28.7 Å². The van der Waals surface area contributed by atoms with E-state index in [1.807, 2.05) is 39.0 Å². The molecule has 3 aromatic heterocycles. The molecule has 0 amide bonds. The summed E-state index contributed by atoms with van der Waals surface area (Å²) in [5.41, 5.74) is 16.6. The Bertz CT molecular complexity index is 888. The standard InChI is InChI=1S/C15H17N7/c1-8(2)18-11-4-5-12(19-9(11)3)10-6-7-22-13(10)14(16)20-15(17)21-22/h4-7H,1-3H3,(H4,16,17,20,21). The number of nitrogens with zero attached hydrogens (tertiary/aromatic N) is 5. The van der Waals surface area contributed by atoms with Crippen LogP contribution in [0.1, 0.15) is 19.5 Å². The Hall–Kier alpha value is -2.96. The van der Waals surface area contributed by atoms with Gasteiger partial charge in [0.25, 0.3) is 0 Å². The third-order valence-corrected chi connectivity index (χ3v) is 3.23. The first-order valence-electron chi connectivity index (χ1n) is 6.86. The van der Waals surface area contributed by atoms with Crippen molar-refractivity contribution in [2.24, 2.45) is 4.99 Å². The van der Waals surface area contributed by atoms with Gasteiger partial charge in [-0.1, -0.05) is 0 Å². The number of anilines is 2. The number of nitrogen functional groups attached to an aromatic ring is 2. The van der Waals surface area contributed by atoms with Crippen LogP contribution in [0.5, 0.6) is 0 Å². The monoisotopic (exact) mass is 295 g/mol. The lowest BCUT2D eigenvalue weighted by molar-refractivity contribution is 0.922. The minimum Gasteiger partial charge on any atom is -0.382 e. The Kier molecular flexibility index (Phi) is 3.25. The van der Waals surface area contributed by atoms with E-state index in [1.165, 1.54) is 0 Å². The van der Waals surface area contributed by atoms with E-state index in [9.17, 15) is 0 Å². The molecule has 0 unspecified atom stereocenters. The van der Waals surface area contributed by atoms with Crippen LogP contribution in [0.3, 0.4) is 0 Å². The van der Waals surface area contributed by atoms with Gasteiger partial charge in [-0.3, -0.25) is 9.98 Å². The molecule has 0 aliphatic heterocycles. The number of aromatic nitrogens is 4. The Morgan fingerprint density at radius 2 is 1.91 bits per heavy atom. The Balaban J connectivity index is 2.16. The van der Waals surface area contributed by atoms with Crippen LogP contribution in [0.2, 0.25) is 0 Å². The molecular formula is C15H17N7. The summed E-state index contributed by atoms with van der Waals surface area (Å²) in [7, 11) is 0. The molecule has 3 rings (SSSR count). The normalized spacial score (nSPS) is 10.9. The highest BCUT2D eigenvalue weighted by Gasteiger charge is 2.13. The van der Waals surface area contributed by atoms with Crippen LogP contribution < -0.4 is 11.5 Å². The van der Waals surface area contributed by atoms with Crippen molar-refractivity contribution in [3.63, 3.8) is 0 Å². The first kappa shape index (κ1) is 14.0. The summed E-state index contributed by atoms with van der Waals surface area (Å²) in [5, 5.41) is 4.12. The molecule has 0 fully saturated rings. The van der Waals surface area contributed by atoms with Gasteiger partial charge < -0.3 is 11.5 Å². The van der Waals surface area contributed by atoms with Crippen molar-refractivity contribution in [1.29, 1.82) is 0 Å². The smallest absolute Gasteiger partial charge is 0.240 e. The molecule has 3 aromatic rings. The van der Waals surface area contributed by atoms with Crippen molar-refractivity contribution in [2.75, 3.05) is 11.5 Å². The van der Waals surface area contributed by atoms with Crippen LogP contribution >= 0.6 is 0 Å². The number of hydrogen-bond acceptors (Lipinski definition) is 6. The molecule has 7 heteroatoms. The van der Waals surface area contributed by atoms with Crippen molar-refractivity contribution in [3.8, 4) is 11.3 Å². The highest BCUT2D eigenvalue weighted by molar-refractivity contribution is 5.87. The lowest BCUT2D eigenvalue weighted by Crippen LogP contribution is -2.05. The maximum atomic E-state index is 5.97. The van der Waals surface area contributed by atoms with Crippen molar-refractivity contribution in [1.82, 2.24) is 19.6 Å². The average Bonchev–Trinajstić information content (AvgIpc) is 2.84. The lowest BCUT2D eigenvalue weighted by atomic mass is 10.1. The number of hydrogen-bond donors (Lipinski definition) is 2. The zero-order valence-corrected chi connectivity index (χ0v) is 12.7. The minimum atomic E-state index is 0.138. The van der Waals surface area contributed by atoms with Gasteiger partial charge in [0, 0.05) is 17.5 Å². The van der Waals surface area contributed by atoms with Gasteiger partial charge in [0.15, 0.2) is 5.82 Å². The van der Waals surface area contributed by atoms with Gasteiger partial charge in [0.1, 0.15) is 5.52 Å². The maximum absolute atomic E-state index is 5.97. The number of nitrogens with two attached hydrogens (primary N) is 2. The number of aryl methyl sites for hydroxylation is 1. The summed E-state index contributed by atoms with van der Waals surface area (Å²) in [5.74, 6) is 0.470. The number of fused-ring (bicyclic) bond motifs is 1. The van der Waals surface area contributed by atoms with Gasteiger partial charge in [-0.05, 0) is 39.0 Å². The van der Waals surface area contributed by atoms with Crippen LogP contribution in [-0.4, -0.2) is 25.3 Å². The van der Waals surface area contributed by atoms with Crippen molar-refractivity contribution in [2.45, 2.75) is 20.8 Å². The third-order valence-electron chi connectivity index (χ3n) is 3.23. The summed E-state index contributed by atoms with van der Waals surface area (Å²) in [6.07, 6.45) is 1.79. The topological polar surface area (TPSA) is 107 Å². The highest BCUT2D eigenvalue weighted by atomic mass is 15.3. The SMILES string of the molecule is CC(C)=Nc1ccc(-c2ccn3nc(N)nc(N)c23)nc1C. The maximum Gasteiger partial charge on any atom is 0.240 e. The zero-order chi connectivity index (χ0) is 15.9. The summed E-state index contributed by atoms with van der Waals surface area (Å²) >= 11 is 0. The van der Waals surface area contributed by atoms with E-state index in [4.69, 9.17) is 11.5 Å².